The Balaban J connectivity index is 2.05. The molecule has 1 heterocycles. The smallest absolute Gasteiger partial charge is 0.140 e. The van der Waals surface area contributed by atoms with Crippen LogP contribution in [0.5, 0.6) is 0 Å². The molecule has 1 aromatic heterocycles. The number of rotatable bonds is 4. The van der Waals surface area contributed by atoms with Crippen molar-refractivity contribution in [2.45, 2.75) is 6.42 Å². The van der Waals surface area contributed by atoms with E-state index in [1.807, 2.05) is 25.2 Å². The highest BCUT2D eigenvalue weighted by Crippen LogP contribution is 2.24. The summed E-state index contributed by atoms with van der Waals surface area (Å²) in [5, 5.41) is 3.18. The number of likely N-dealkylation sites (N-methyl/N-ethyl adjacent to an activating group) is 1. The quantitative estimate of drug-likeness (QED) is 0.786. The van der Waals surface area contributed by atoms with Crippen molar-refractivity contribution >= 4 is 11.0 Å². The number of nitrogens with one attached hydrogen (secondary N) is 1. The molecule has 0 saturated carbocycles. The van der Waals surface area contributed by atoms with Crippen molar-refractivity contribution in [3.8, 4) is 11.4 Å². The molecule has 3 heteroatoms. The van der Waals surface area contributed by atoms with Gasteiger partial charge in [0.15, 0.2) is 0 Å². The van der Waals surface area contributed by atoms with Crippen LogP contribution in [0.2, 0.25) is 0 Å². The van der Waals surface area contributed by atoms with Crippen molar-refractivity contribution in [3.63, 3.8) is 0 Å². The van der Waals surface area contributed by atoms with Gasteiger partial charge in [0, 0.05) is 12.6 Å². The van der Waals surface area contributed by atoms with Crippen LogP contribution in [0.1, 0.15) is 5.56 Å². The molecule has 3 aromatic rings. The Kier molecular flexibility index (Phi) is 3.52. The first-order chi connectivity index (χ1) is 9.79. The second-order valence-electron chi connectivity index (χ2n) is 5.04. The molecule has 0 unspecified atom stereocenters. The molecular weight excluding hydrogens is 246 g/mol. The minimum absolute atomic E-state index is 0.990. The standard InChI is InChI=1S/C17H19N3/c1-18-11-10-13-8-9-16-15(12-13)19-17(20(16)2)14-6-4-3-5-7-14/h3-9,12,18H,10-11H2,1-2H3. The highest BCUT2D eigenvalue weighted by Gasteiger charge is 2.09. The summed E-state index contributed by atoms with van der Waals surface area (Å²) in [6.07, 6.45) is 1.03. The molecule has 0 spiro atoms. The Morgan fingerprint density at radius 2 is 1.90 bits per heavy atom. The number of hydrogen-bond acceptors (Lipinski definition) is 2. The van der Waals surface area contributed by atoms with E-state index in [-0.39, 0.29) is 0 Å². The van der Waals surface area contributed by atoms with Crippen molar-refractivity contribution in [1.29, 1.82) is 0 Å². The molecule has 0 bridgehead atoms. The van der Waals surface area contributed by atoms with Crippen LogP contribution in [-0.4, -0.2) is 23.1 Å². The van der Waals surface area contributed by atoms with Gasteiger partial charge in [-0.15, -0.1) is 0 Å². The summed E-state index contributed by atoms with van der Waals surface area (Å²) in [5.74, 6) is 1.02. The van der Waals surface area contributed by atoms with Gasteiger partial charge in [-0.2, -0.15) is 0 Å². The zero-order chi connectivity index (χ0) is 13.9. The SMILES string of the molecule is CNCCc1ccc2c(c1)nc(-c1ccccc1)n2C. The van der Waals surface area contributed by atoms with Crippen LogP contribution in [0, 0.1) is 0 Å². The van der Waals surface area contributed by atoms with Gasteiger partial charge in [-0.25, -0.2) is 4.98 Å². The third-order valence-corrected chi connectivity index (χ3v) is 3.64. The molecule has 0 saturated heterocycles. The van der Waals surface area contributed by atoms with Crippen LogP contribution in [0.25, 0.3) is 22.4 Å². The van der Waals surface area contributed by atoms with Crippen LogP contribution < -0.4 is 5.32 Å². The number of imidazole rings is 1. The first kappa shape index (κ1) is 12.9. The van der Waals surface area contributed by atoms with Crippen LogP contribution >= 0.6 is 0 Å². The third-order valence-electron chi connectivity index (χ3n) is 3.64. The Labute approximate surface area is 119 Å². The van der Waals surface area contributed by atoms with E-state index in [0.29, 0.717) is 0 Å². The van der Waals surface area contributed by atoms with Crippen molar-refractivity contribution in [2.24, 2.45) is 7.05 Å². The highest BCUT2D eigenvalue weighted by atomic mass is 15.1. The molecule has 20 heavy (non-hydrogen) atoms. The van der Waals surface area contributed by atoms with Gasteiger partial charge in [-0.05, 0) is 37.7 Å². The van der Waals surface area contributed by atoms with Gasteiger partial charge in [0.2, 0.25) is 0 Å². The van der Waals surface area contributed by atoms with E-state index in [2.05, 4.69) is 47.3 Å². The maximum absolute atomic E-state index is 4.79. The molecule has 0 aliphatic carbocycles. The number of aromatic nitrogens is 2. The fourth-order valence-electron chi connectivity index (χ4n) is 2.52. The van der Waals surface area contributed by atoms with E-state index in [4.69, 9.17) is 4.98 Å². The summed E-state index contributed by atoms with van der Waals surface area (Å²) < 4.78 is 2.16. The lowest BCUT2D eigenvalue weighted by molar-refractivity contribution is 0.792. The molecule has 0 amide bonds. The minimum atomic E-state index is 0.990. The van der Waals surface area contributed by atoms with Gasteiger partial charge >= 0.3 is 0 Å². The number of benzene rings is 2. The zero-order valence-corrected chi connectivity index (χ0v) is 11.9. The van der Waals surface area contributed by atoms with E-state index < -0.39 is 0 Å². The van der Waals surface area contributed by atoms with E-state index in [9.17, 15) is 0 Å². The monoisotopic (exact) mass is 265 g/mol. The molecule has 102 valence electrons. The second-order valence-corrected chi connectivity index (χ2v) is 5.04. The first-order valence-corrected chi connectivity index (χ1v) is 6.95. The summed E-state index contributed by atoms with van der Waals surface area (Å²) in [4.78, 5) is 4.79. The van der Waals surface area contributed by atoms with Crippen molar-refractivity contribution in [2.75, 3.05) is 13.6 Å². The number of hydrogen-bond donors (Lipinski definition) is 1. The van der Waals surface area contributed by atoms with E-state index in [1.165, 1.54) is 11.1 Å². The summed E-state index contributed by atoms with van der Waals surface area (Å²) in [5.41, 5.74) is 4.73. The Bertz CT molecular complexity index is 714. The zero-order valence-electron chi connectivity index (χ0n) is 11.9. The highest BCUT2D eigenvalue weighted by molar-refractivity contribution is 5.81. The Morgan fingerprint density at radius 3 is 2.65 bits per heavy atom. The Morgan fingerprint density at radius 1 is 1.10 bits per heavy atom. The summed E-state index contributed by atoms with van der Waals surface area (Å²) in [6, 6.07) is 16.9. The molecule has 1 N–H and O–H groups in total. The molecule has 3 rings (SSSR count). The predicted octanol–water partition coefficient (Wildman–Crippen LogP) is 3.00. The number of aryl methyl sites for hydroxylation is 1. The number of fused-ring (bicyclic) bond motifs is 1. The molecule has 0 aliphatic rings. The number of nitrogens with zero attached hydrogens (tertiary/aromatic N) is 2. The average Bonchev–Trinajstić information content (AvgIpc) is 2.83. The van der Waals surface area contributed by atoms with Crippen molar-refractivity contribution < 1.29 is 0 Å². The largest absolute Gasteiger partial charge is 0.327 e. The van der Waals surface area contributed by atoms with E-state index in [0.717, 1.165) is 29.9 Å². The lowest BCUT2D eigenvalue weighted by atomic mass is 10.1. The van der Waals surface area contributed by atoms with Gasteiger partial charge in [-0.3, -0.25) is 0 Å². The van der Waals surface area contributed by atoms with E-state index >= 15 is 0 Å². The fourth-order valence-corrected chi connectivity index (χ4v) is 2.52. The molecular formula is C17H19N3. The van der Waals surface area contributed by atoms with Crippen LogP contribution in [0.3, 0.4) is 0 Å². The van der Waals surface area contributed by atoms with Gasteiger partial charge in [-0.1, -0.05) is 36.4 Å². The van der Waals surface area contributed by atoms with Gasteiger partial charge in [0.25, 0.3) is 0 Å². The topological polar surface area (TPSA) is 29.9 Å². The van der Waals surface area contributed by atoms with Crippen LogP contribution in [0.4, 0.5) is 0 Å². The van der Waals surface area contributed by atoms with Crippen molar-refractivity contribution in [3.05, 3.63) is 54.1 Å². The normalized spacial score (nSPS) is 11.1. The second kappa shape index (κ2) is 5.47. The van der Waals surface area contributed by atoms with Crippen LogP contribution in [-0.2, 0) is 13.5 Å². The molecule has 0 aliphatic heterocycles. The first-order valence-electron chi connectivity index (χ1n) is 6.95. The fraction of sp³-hybridized carbons (Fsp3) is 0.235. The third kappa shape index (κ3) is 2.32. The molecule has 3 nitrogen and oxygen atoms in total. The van der Waals surface area contributed by atoms with E-state index in [1.54, 1.807) is 0 Å². The predicted molar refractivity (Wildman–Crippen MR) is 83.8 cm³/mol. The maximum Gasteiger partial charge on any atom is 0.140 e. The van der Waals surface area contributed by atoms with Crippen LogP contribution in [0.15, 0.2) is 48.5 Å². The summed E-state index contributed by atoms with van der Waals surface area (Å²) in [6.45, 7) is 0.990. The Hall–Kier alpha value is -2.13. The molecule has 2 aromatic carbocycles. The van der Waals surface area contributed by atoms with Gasteiger partial charge < -0.3 is 9.88 Å². The molecule has 0 radical (unpaired) electrons. The molecule has 0 atom stereocenters. The van der Waals surface area contributed by atoms with Crippen molar-refractivity contribution in [1.82, 2.24) is 14.9 Å². The maximum atomic E-state index is 4.79. The average molecular weight is 265 g/mol. The molecule has 0 fully saturated rings. The summed E-state index contributed by atoms with van der Waals surface area (Å²) in [7, 11) is 4.05. The minimum Gasteiger partial charge on any atom is -0.327 e. The lowest BCUT2D eigenvalue weighted by Crippen LogP contribution is -2.10. The lowest BCUT2D eigenvalue weighted by Gasteiger charge is -2.02. The summed E-state index contributed by atoms with van der Waals surface area (Å²) >= 11 is 0. The van der Waals surface area contributed by atoms with Gasteiger partial charge in [0.1, 0.15) is 5.82 Å². The van der Waals surface area contributed by atoms with Gasteiger partial charge in [0.05, 0.1) is 11.0 Å².